The first-order valence-corrected chi connectivity index (χ1v) is 3.68. The molecule has 0 amide bonds. The largest absolute Gasteiger partial charge is 0.266 e. The molecule has 0 saturated heterocycles. The van der Waals surface area contributed by atoms with Gasteiger partial charge in [0.15, 0.2) is 0 Å². The second-order valence-electron chi connectivity index (χ2n) is 2.29. The first-order chi connectivity index (χ1) is 6.36. The normalized spacial score (nSPS) is 8.46. The average molecular weight is 172 g/mol. The van der Waals surface area contributed by atoms with Gasteiger partial charge in [-0.2, -0.15) is 5.26 Å². The van der Waals surface area contributed by atoms with Crippen molar-refractivity contribution in [3.63, 3.8) is 0 Å². The number of nitriles is 1. The summed E-state index contributed by atoms with van der Waals surface area (Å²) in [6.45, 7) is 0.191. The van der Waals surface area contributed by atoms with Crippen LogP contribution in [0.15, 0.2) is 24.3 Å². The van der Waals surface area contributed by atoms with E-state index in [1.165, 1.54) is 0 Å². The molecule has 0 saturated carbocycles. The zero-order valence-corrected chi connectivity index (χ0v) is 6.95. The lowest BCUT2D eigenvalue weighted by Crippen LogP contribution is -2.00. The Morgan fingerprint density at radius 1 is 1.54 bits per heavy atom. The molecule has 3 heteroatoms. The molecule has 1 aromatic carbocycles. The van der Waals surface area contributed by atoms with E-state index < -0.39 is 0 Å². The number of hydrogen-bond donors (Lipinski definition) is 1. The van der Waals surface area contributed by atoms with Crippen molar-refractivity contribution in [2.45, 2.75) is 0 Å². The van der Waals surface area contributed by atoms with E-state index in [0.717, 1.165) is 0 Å². The van der Waals surface area contributed by atoms with Crippen LogP contribution in [0.4, 0.5) is 5.69 Å². The van der Waals surface area contributed by atoms with Crippen LogP contribution < -0.4 is 5.48 Å². The smallest absolute Gasteiger partial charge is 0.135 e. The first kappa shape index (κ1) is 9.12. The molecule has 1 N–H and O–H groups in total. The maximum absolute atomic E-state index is 8.58. The fourth-order valence-corrected chi connectivity index (χ4v) is 0.813. The maximum atomic E-state index is 8.58. The van der Waals surface area contributed by atoms with E-state index >= 15 is 0 Å². The second kappa shape index (κ2) is 4.82. The summed E-state index contributed by atoms with van der Waals surface area (Å²) in [4.78, 5) is 4.87. The highest BCUT2D eigenvalue weighted by Crippen LogP contribution is 2.08. The monoisotopic (exact) mass is 172 g/mol. The fourth-order valence-electron chi connectivity index (χ4n) is 0.813. The molecule has 0 radical (unpaired) electrons. The Hall–Kier alpha value is -1.97. The topological polar surface area (TPSA) is 45.0 Å². The minimum atomic E-state index is 0.191. The summed E-state index contributed by atoms with van der Waals surface area (Å²) in [5.74, 6) is 2.32. The summed E-state index contributed by atoms with van der Waals surface area (Å²) in [7, 11) is 0. The molecule has 13 heavy (non-hydrogen) atoms. The Morgan fingerprint density at radius 2 is 2.38 bits per heavy atom. The molecule has 0 heterocycles. The lowest BCUT2D eigenvalue weighted by Gasteiger charge is -2.03. The Bertz CT molecular complexity index is 360. The maximum Gasteiger partial charge on any atom is 0.135 e. The van der Waals surface area contributed by atoms with E-state index in [1.54, 1.807) is 24.3 Å². The second-order valence-corrected chi connectivity index (χ2v) is 2.29. The molecule has 0 atom stereocenters. The van der Waals surface area contributed by atoms with Crippen molar-refractivity contribution in [3.8, 4) is 18.4 Å². The lowest BCUT2D eigenvalue weighted by molar-refractivity contribution is 0.234. The van der Waals surface area contributed by atoms with Crippen LogP contribution in [0.3, 0.4) is 0 Å². The number of terminal acetylenes is 1. The summed E-state index contributed by atoms with van der Waals surface area (Å²) < 4.78 is 0. The van der Waals surface area contributed by atoms with Gasteiger partial charge in [-0.3, -0.25) is 10.3 Å². The van der Waals surface area contributed by atoms with Crippen LogP contribution in [0.2, 0.25) is 0 Å². The van der Waals surface area contributed by atoms with E-state index in [2.05, 4.69) is 11.4 Å². The van der Waals surface area contributed by atoms with Crippen molar-refractivity contribution >= 4 is 5.69 Å². The van der Waals surface area contributed by atoms with Crippen molar-refractivity contribution < 1.29 is 4.84 Å². The van der Waals surface area contributed by atoms with Gasteiger partial charge in [0.2, 0.25) is 0 Å². The summed E-state index contributed by atoms with van der Waals surface area (Å²) in [6.07, 6.45) is 4.98. The molecule has 64 valence electrons. The van der Waals surface area contributed by atoms with Gasteiger partial charge in [0, 0.05) is 0 Å². The van der Waals surface area contributed by atoms with Gasteiger partial charge in [-0.1, -0.05) is 12.0 Å². The molecule has 0 bridgehead atoms. The third-order valence-corrected chi connectivity index (χ3v) is 1.34. The summed E-state index contributed by atoms with van der Waals surface area (Å²) >= 11 is 0. The van der Waals surface area contributed by atoms with Crippen LogP contribution in [0.25, 0.3) is 0 Å². The van der Waals surface area contributed by atoms with Gasteiger partial charge >= 0.3 is 0 Å². The number of anilines is 1. The highest BCUT2D eigenvalue weighted by atomic mass is 16.6. The highest BCUT2D eigenvalue weighted by molar-refractivity contribution is 5.47. The molecular formula is C10H8N2O. The minimum Gasteiger partial charge on any atom is -0.266 e. The summed E-state index contributed by atoms with van der Waals surface area (Å²) in [5, 5.41) is 8.58. The number of nitrogens with one attached hydrogen (secondary N) is 1. The van der Waals surface area contributed by atoms with Crippen LogP contribution >= 0.6 is 0 Å². The Labute approximate surface area is 76.9 Å². The Morgan fingerprint density at radius 3 is 3.08 bits per heavy atom. The summed E-state index contributed by atoms with van der Waals surface area (Å²) in [6, 6.07) is 8.97. The number of benzene rings is 1. The molecule has 0 aliphatic rings. The molecule has 0 unspecified atom stereocenters. The van der Waals surface area contributed by atoms with Gasteiger partial charge in [-0.25, -0.2) is 0 Å². The van der Waals surface area contributed by atoms with Gasteiger partial charge in [-0.05, 0) is 18.2 Å². The molecule has 1 rings (SSSR count). The number of hydrogen-bond acceptors (Lipinski definition) is 3. The van der Waals surface area contributed by atoms with E-state index in [0.29, 0.717) is 11.3 Å². The molecule has 3 nitrogen and oxygen atoms in total. The lowest BCUT2D eigenvalue weighted by atomic mass is 10.2. The van der Waals surface area contributed by atoms with Crippen molar-refractivity contribution in [3.05, 3.63) is 29.8 Å². The molecule has 1 aromatic rings. The van der Waals surface area contributed by atoms with E-state index in [9.17, 15) is 0 Å². The van der Waals surface area contributed by atoms with Crippen molar-refractivity contribution in [1.29, 1.82) is 5.26 Å². The van der Waals surface area contributed by atoms with E-state index in [-0.39, 0.29) is 6.61 Å². The molecular weight excluding hydrogens is 164 g/mol. The standard InChI is InChI=1S/C10H8N2O/c1-2-6-13-12-10-5-3-4-9(7-10)8-11/h1,3-5,7,12H,6H2. The Kier molecular flexibility index (Phi) is 3.38. The molecule has 0 aliphatic carbocycles. The average Bonchev–Trinajstić information content (AvgIpc) is 2.19. The summed E-state index contributed by atoms with van der Waals surface area (Å²) in [5.41, 5.74) is 3.92. The van der Waals surface area contributed by atoms with Crippen molar-refractivity contribution in [2.75, 3.05) is 12.1 Å². The van der Waals surface area contributed by atoms with Crippen LogP contribution in [0.1, 0.15) is 5.56 Å². The minimum absolute atomic E-state index is 0.191. The van der Waals surface area contributed by atoms with Crippen LogP contribution in [0, 0.1) is 23.7 Å². The highest BCUT2D eigenvalue weighted by Gasteiger charge is 1.92. The number of nitrogens with zero attached hydrogens (tertiary/aromatic N) is 1. The third-order valence-electron chi connectivity index (χ3n) is 1.34. The van der Waals surface area contributed by atoms with Crippen molar-refractivity contribution in [1.82, 2.24) is 0 Å². The molecule has 0 aliphatic heterocycles. The molecule has 0 spiro atoms. The van der Waals surface area contributed by atoms with Crippen LogP contribution in [-0.4, -0.2) is 6.61 Å². The van der Waals surface area contributed by atoms with Gasteiger partial charge in [0.1, 0.15) is 6.61 Å². The zero-order valence-electron chi connectivity index (χ0n) is 6.95. The quantitative estimate of drug-likeness (QED) is 0.427. The van der Waals surface area contributed by atoms with Gasteiger partial charge in [0.05, 0.1) is 17.3 Å². The van der Waals surface area contributed by atoms with Crippen LogP contribution in [0.5, 0.6) is 0 Å². The third kappa shape index (κ3) is 2.86. The predicted octanol–water partition coefficient (Wildman–Crippen LogP) is 1.53. The predicted molar refractivity (Wildman–Crippen MR) is 49.6 cm³/mol. The molecule has 0 aromatic heterocycles. The SMILES string of the molecule is C#CCONc1cccc(C#N)c1. The number of rotatable bonds is 3. The van der Waals surface area contributed by atoms with Gasteiger partial charge in [0.25, 0.3) is 0 Å². The van der Waals surface area contributed by atoms with E-state index in [4.69, 9.17) is 16.5 Å². The van der Waals surface area contributed by atoms with Gasteiger partial charge < -0.3 is 0 Å². The molecule has 0 fully saturated rings. The van der Waals surface area contributed by atoms with Gasteiger partial charge in [-0.15, -0.1) is 6.42 Å². The Balaban J connectivity index is 2.59. The van der Waals surface area contributed by atoms with Crippen molar-refractivity contribution in [2.24, 2.45) is 0 Å². The fraction of sp³-hybridized carbons (Fsp3) is 0.100. The zero-order chi connectivity index (χ0) is 9.52. The van der Waals surface area contributed by atoms with E-state index in [1.807, 2.05) is 6.07 Å². The van der Waals surface area contributed by atoms with Crippen LogP contribution in [-0.2, 0) is 4.84 Å². The first-order valence-electron chi connectivity index (χ1n) is 3.68.